The molecule has 1 aliphatic heterocycles. The minimum atomic E-state index is -0.916. The summed E-state index contributed by atoms with van der Waals surface area (Å²) < 4.78 is 14.7. The van der Waals surface area contributed by atoms with E-state index in [1.54, 1.807) is 37.5 Å². The van der Waals surface area contributed by atoms with Crippen LogP contribution in [-0.4, -0.2) is 58.3 Å². The number of amides is 2. The predicted octanol–water partition coefficient (Wildman–Crippen LogP) is 2.75. The number of fused-ring (bicyclic) bond motifs is 1. The largest absolute Gasteiger partial charge is 0.616 e. The third-order valence-electron chi connectivity index (χ3n) is 5.29. The first-order valence-corrected chi connectivity index (χ1v) is 12.8. The quantitative estimate of drug-likeness (QED) is 0.360. The van der Waals surface area contributed by atoms with Crippen molar-refractivity contribution >= 4 is 61.7 Å². The Bertz CT molecular complexity index is 1430. The van der Waals surface area contributed by atoms with Gasteiger partial charge in [-0.2, -0.15) is 10.2 Å². The molecular formula is C21H17BrClN7O3S. The van der Waals surface area contributed by atoms with Crippen molar-refractivity contribution in [3.8, 4) is 5.82 Å². The minimum Gasteiger partial charge on any atom is -0.616 e. The molecule has 0 spiro atoms. The molecule has 0 unspecified atom stereocenters. The van der Waals surface area contributed by atoms with E-state index in [9.17, 15) is 14.1 Å². The Morgan fingerprint density at radius 3 is 2.76 bits per heavy atom. The molecule has 174 valence electrons. The molecule has 0 saturated carbocycles. The van der Waals surface area contributed by atoms with Gasteiger partial charge in [0.1, 0.15) is 27.8 Å². The van der Waals surface area contributed by atoms with Gasteiger partial charge in [-0.3, -0.25) is 9.59 Å². The van der Waals surface area contributed by atoms with Crippen molar-refractivity contribution in [2.24, 2.45) is 0 Å². The summed E-state index contributed by atoms with van der Waals surface area (Å²) in [6.07, 6.45) is 3.12. The molecule has 2 N–H and O–H groups in total. The Hall–Kier alpha value is -2.93. The normalized spacial score (nSPS) is 17.4. The number of hydrogen-bond acceptors (Lipinski definition) is 6. The molecule has 10 nitrogen and oxygen atoms in total. The molecule has 0 aliphatic carbocycles. The van der Waals surface area contributed by atoms with Crippen LogP contribution in [0, 0.1) is 6.92 Å². The van der Waals surface area contributed by atoms with Gasteiger partial charge in [0, 0.05) is 12.3 Å². The number of anilines is 1. The van der Waals surface area contributed by atoms with E-state index < -0.39 is 23.0 Å². The monoisotopic (exact) mass is 561 g/mol. The molecule has 1 aliphatic rings. The number of carbonyl (C=O) groups excluding carboxylic acids is 2. The standard InChI is InChI=1S/C21H17BrClN7O3S/c1-11-7-13-4-6-25-29(13)18(21(32)26-12-9-34(33)10-12)17(11)27-20(31)15-8-16(22)28-30(15)19-14(23)3-2-5-24-19/h2-8,12H,9-10H2,1H3,(H,26,32)(H,27,31). The molecule has 1 fully saturated rings. The maximum absolute atomic E-state index is 13.4. The number of carbonyl (C=O) groups is 2. The van der Waals surface area contributed by atoms with Gasteiger partial charge in [0.15, 0.2) is 11.5 Å². The highest BCUT2D eigenvalue weighted by molar-refractivity contribution is 9.10. The number of hydrogen-bond donors (Lipinski definition) is 2. The molecule has 13 heteroatoms. The molecule has 34 heavy (non-hydrogen) atoms. The maximum atomic E-state index is 13.4. The molecule has 4 aromatic rings. The molecule has 0 atom stereocenters. The predicted molar refractivity (Wildman–Crippen MR) is 131 cm³/mol. The minimum absolute atomic E-state index is 0.160. The first-order chi connectivity index (χ1) is 16.3. The van der Waals surface area contributed by atoms with Crippen molar-refractivity contribution in [1.29, 1.82) is 0 Å². The Kier molecular flexibility index (Phi) is 6.06. The Morgan fingerprint density at radius 1 is 1.24 bits per heavy atom. The molecule has 1 saturated heterocycles. The van der Waals surface area contributed by atoms with Crippen LogP contribution in [-0.2, 0) is 11.2 Å². The molecule has 0 aromatic carbocycles. The van der Waals surface area contributed by atoms with Crippen molar-refractivity contribution in [2.45, 2.75) is 13.0 Å². The second-order valence-electron chi connectivity index (χ2n) is 7.69. The number of nitrogens with one attached hydrogen (secondary N) is 2. The van der Waals surface area contributed by atoms with E-state index in [1.165, 1.54) is 15.3 Å². The molecule has 0 radical (unpaired) electrons. The van der Waals surface area contributed by atoms with E-state index in [0.717, 1.165) is 0 Å². The molecule has 0 bridgehead atoms. The number of rotatable bonds is 5. The van der Waals surface area contributed by atoms with Gasteiger partial charge < -0.3 is 15.2 Å². The molecule has 2 amide bonds. The van der Waals surface area contributed by atoms with Crippen LogP contribution in [0.15, 0.2) is 47.3 Å². The third-order valence-corrected chi connectivity index (χ3v) is 7.53. The van der Waals surface area contributed by atoms with E-state index in [4.69, 9.17) is 11.6 Å². The average molecular weight is 563 g/mol. The lowest BCUT2D eigenvalue weighted by Gasteiger charge is -2.29. The van der Waals surface area contributed by atoms with Gasteiger partial charge in [0.05, 0.1) is 22.4 Å². The number of nitrogens with zero attached hydrogens (tertiary/aromatic N) is 5. The first kappa shape index (κ1) is 22.8. The fourth-order valence-corrected chi connectivity index (χ4v) is 5.23. The summed E-state index contributed by atoms with van der Waals surface area (Å²) in [7, 11) is 0. The molecule has 5 rings (SSSR count). The maximum Gasteiger partial charge on any atom is 0.274 e. The summed E-state index contributed by atoms with van der Waals surface area (Å²) in [6, 6.07) is 8.25. The summed E-state index contributed by atoms with van der Waals surface area (Å²) in [5.74, 6) is 0.152. The van der Waals surface area contributed by atoms with E-state index in [-0.39, 0.29) is 23.2 Å². The number of pyridine rings is 2. The highest BCUT2D eigenvalue weighted by Crippen LogP contribution is 2.27. The Balaban J connectivity index is 1.54. The van der Waals surface area contributed by atoms with E-state index in [1.807, 2.05) is 6.07 Å². The van der Waals surface area contributed by atoms with Gasteiger partial charge in [0.25, 0.3) is 11.8 Å². The molecular weight excluding hydrogens is 546 g/mol. The van der Waals surface area contributed by atoms with E-state index >= 15 is 0 Å². The summed E-state index contributed by atoms with van der Waals surface area (Å²) in [5.41, 5.74) is 2.01. The highest BCUT2D eigenvalue weighted by Gasteiger charge is 2.34. The number of aromatic nitrogens is 5. The summed E-state index contributed by atoms with van der Waals surface area (Å²) in [5, 5.41) is 14.6. The van der Waals surface area contributed by atoms with Gasteiger partial charge >= 0.3 is 0 Å². The van der Waals surface area contributed by atoms with Crippen molar-refractivity contribution < 1.29 is 14.1 Å². The lowest BCUT2D eigenvalue weighted by Crippen LogP contribution is -2.53. The van der Waals surface area contributed by atoms with Crippen LogP contribution in [0.1, 0.15) is 26.5 Å². The van der Waals surface area contributed by atoms with Gasteiger partial charge in [-0.25, -0.2) is 14.2 Å². The summed E-state index contributed by atoms with van der Waals surface area (Å²) >= 11 is 8.65. The van der Waals surface area contributed by atoms with Crippen LogP contribution >= 0.6 is 27.5 Å². The van der Waals surface area contributed by atoms with Crippen LogP contribution in [0.5, 0.6) is 0 Å². The van der Waals surface area contributed by atoms with Crippen molar-refractivity contribution in [3.63, 3.8) is 0 Å². The fourth-order valence-electron chi connectivity index (χ4n) is 3.69. The highest BCUT2D eigenvalue weighted by atomic mass is 79.9. The van der Waals surface area contributed by atoms with Crippen LogP contribution in [0.25, 0.3) is 11.3 Å². The van der Waals surface area contributed by atoms with Gasteiger partial charge in [-0.1, -0.05) is 11.6 Å². The first-order valence-electron chi connectivity index (χ1n) is 10.1. The SMILES string of the molecule is Cc1cc2ccnn2c(C(=O)NC2C[S+]([O-])C2)c1NC(=O)c1cc(Br)nn1-c1ncccc1Cl. The number of aryl methyl sites for hydroxylation is 1. The molecule has 5 heterocycles. The number of halogens is 2. The van der Waals surface area contributed by atoms with Crippen molar-refractivity contribution in [1.82, 2.24) is 29.7 Å². The summed E-state index contributed by atoms with van der Waals surface area (Å²) in [4.78, 5) is 30.9. The van der Waals surface area contributed by atoms with Crippen LogP contribution in [0.2, 0.25) is 5.02 Å². The van der Waals surface area contributed by atoms with Crippen LogP contribution in [0.4, 0.5) is 5.69 Å². The second kappa shape index (κ2) is 9.02. The Labute approximate surface area is 210 Å². The van der Waals surface area contributed by atoms with Gasteiger partial charge in [-0.15, -0.1) is 0 Å². The van der Waals surface area contributed by atoms with Crippen LogP contribution < -0.4 is 10.6 Å². The molecule has 4 aromatic heterocycles. The van der Waals surface area contributed by atoms with E-state index in [2.05, 4.69) is 41.7 Å². The fraction of sp³-hybridized carbons (Fsp3) is 0.190. The Morgan fingerprint density at radius 2 is 2.03 bits per heavy atom. The van der Waals surface area contributed by atoms with Gasteiger partial charge in [-0.05, 0) is 63.9 Å². The van der Waals surface area contributed by atoms with Gasteiger partial charge in [0.2, 0.25) is 0 Å². The van der Waals surface area contributed by atoms with E-state index in [0.29, 0.717) is 37.9 Å². The van der Waals surface area contributed by atoms with Crippen molar-refractivity contribution in [2.75, 3.05) is 16.8 Å². The topological polar surface area (TPSA) is 129 Å². The van der Waals surface area contributed by atoms with Crippen molar-refractivity contribution in [3.05, 3.63) is 69.3 Å². The zero-order valence-electron chi connectivity index (χ0n) is 17.7. The zero-order valence-corrected chi connectivity index (χ0v) is 20.8. The lowest BCUT2D eigenvalue weighted by atomic mass is 10.1. The smallest absolute Gasteiger partial charge is 0.274 e. The zero-order chi connectivity index (χ0) is 24.0. The second-order valence-corrected chi connectivity index (χ2v) is 10.5. The average Bonchev–Trinajstić information content (AvgIpc) is 3.39. The lowest BCUT2D eigenvalue weighted by molar-refractivity contribution is 0.0935. The van der Waals surface area contributed by atoms with Crippen LogP contribution in [0.3, 0.4) is 0 Å². The summed E-state index contributed by atoms with van der Waals surface area (Å²) in [6.45, 7) is 1.79. The third kappa shape index (κ3) is 4.17.